The molecule has 0 aliphatic rings. The maximum atomic E-state index is 4.78. The average molecular weight is 139 g/mol. The van der Waals surface area contributed by atoms with Crippen LogP contribution >= 0.6 is 0 Å². The van der Waals surface area contributed by atoms with E-state index in [1.807, 2.05) is 0 Å². The van der Waals surface area contributed by atoms with E-state index in [-0.39, 0.29) is 0 Å². The second-order valence-electron chi connectivity index (χ2n) is 1.53. The Morgan fingerprint density at radius 1 is 1.40 bits per heavy atom. The summed E-state index contributed by atoms with van der Waals surface area (Å²) < 4.78 is 9.53. The molecule has 1 rings (SSSR count). The molecular formula is C6H7N2O2. The van der Waals surface area contributed by atoms with E-state index in [0.717, 1.165) is 0 Å². The van der Waals surface area contributed by atoms with Crippen molar-refractivity contribution in [3.8, 4) is 11.8 Å². The molecule has 1 radical (unpaired) electrons. The van der Waals surface area contributed by atoms with Crippen LogP contribution in [0.15, 0.2) is 6.20 Å². The first-order valence-corrected chi connectivity index (χ1v) is 2.69. The van der Waals surface area contributed by atoms with Crippen molar-refractivity contribution >= 4 is 0 Å². The molecular weight excluding hydrogens is 132 g/mol. The zero-order valence-electron chi connectivity index (χ0n) is 5.79. The topological polar surface area (TPSA) is 44.2 Å². The third kappa shape index (κ3) is 1.34. The normalized spacial score (nSPS) is 9.00. The number of nitrogens with zero attached hydrogens (tertiary/aromatic N) is 2. The van der Waals surface area contributed by atoms with Gasteiger partial charge < -0.3 is 9.47 Å². The van der Waals surface area contributed by atoms with Gasteiger partial charge in [0.2, 0.25) is 11.8 Å². The Labute approximate surface area is 58.8 Å². The van der Waals surface area contributed by atoms with Crippen molar-refractivity contribution in [2.75, 3.05) is 14.2 Å². The molecule has 0 saturated heterocycles. The van der Waals surface area contributed by atoms with Crippen LogP contribution in [0.1, 0.15) is 0 Å². The molecule has 0 N–H and O–H groups in total. The predicted octanol–water partition coefficient (Wildman–Crippen LogP) is 0.294. The van der Waals surface area contributed by atoms with Gasteiger partial charge in [0.1, 0.15) is 0 Å². The van der Waals surface area contributed by atoms with Crippen molar-refractivity contribution in [2.24, 2.45) is 0 Å². The molecule has 0 bridgehead atoms. The van der Waals surface area contributed by atoms with Crippen molar-refractivity contribution in [3.63, 3.8) is 0 Å². The fourth-order valence-electron chi connectivity index (χ4n) is 0.486. The number of hydrogen-bond acceptors (Lipinski definition) is 4. The quantitative estimate of drug-likeness (QED) is 0.590. The highest BCUT2D eigenvalue weighted by molar-refractivity contribution is 5.10. The minimum atomic E-state index is 0.333. The lowest BCUT2D eigenvalue weighted by molar-refractivity contribution is 0.360. The van der Waals surface area contributed by atoms with E-state index < -0.39 is 0 Å². The standard InChI is InChI=1S/C6H7N2O2/c1-9-5-3-7-4-6(8-5)10-2/h3H,1-2H3. The van der Waals surface area contributed by atoms with Gasteiger partial charge in [-0.1, -0.05) is 0 Å². The third-order valence-electron chi connectivity index (χ3n) is 0.949. The molecule has 1 aromatic heterocycles. The largest absolute Gasteiger partial charge is 0.480 e. The van der Waals surface area contributed by atoms with Crippen molar-refractivity contribution < 1.29 is 9.47 Å². The Kier molecular flexibility index (Phi) is 2.04. The molecule has 0 spiro atoms. The summed E-state index contributed by atoms with van der Waals surface area (Å²) in [6.45, 7) is 0. The monoisotopic (exact) mass is 139 g/mol. The molecule has 53 valence electrons. The van der Waals surface area contributed by atoms with E-state index in [4.69, 9.17) is 9.47 Å². The number of hydrogen-bond donors (Lipinski definition) is 0. The maximum Gasteiger partial charge on any atom is 0.245 e. The molecule has 1 aromatic rings. The Bertz CT molecular complexity index is 195. The fourth-order valence-corrected chi connectivity index (χ4v) is 0.486. The summed E-state index contributed by atoms with van der Waals surface area (Å²) in [6, 6.07) is 0. The summed E-state index contributed by atoms with van der Waals surface area (Å²) in [6.07, 6.45) is 3.99. The molecule has 4 heteroatoms. The Hall–Kier alpha value is -1.32. The molecule has 0 aliphatic heterocycles. The molecule has 0 aromatic carbocycles. The Morgan fingerprint density at radius 2 is 2.20 bits per heavy atom. The molecule has 0 atom stereocenters. The highest BCUT2D eigenvalue weighted by Gasteiger charge is 1.95. The number of aromatic nitrogens is 2. The molecule has 0 fully saturated rings. The van der Waals surface area contributed by atoms with Gasteiger partial charge in [0, 0.05) is 0 Å². The van der Waals surface area contributed by atoms with E-state index in [9.17, 15) is 0 Å². The van der Waals surface area contributed by atoms with Crippen LogP contribution in [-0.4, -0.2) is 24.2 Å². The van der Waals surface area contributed by atoms with Gasteiger partial charge in [0.05, 0.1) is 20.4 Å². The van der Waals surface area contributed by atoms with Crippen LogP contribution in [0.2, 0.25) is 0 Å². The smallest absolute Gasteiger partial charge is 0.245 e. The van der Waals surface area contributed by atoms with E-state index in [1.165, 1.54) is 20.4 Å². The zero-order valence-corrected chi connectivity index (χ0v) is 5.79. The van der Waals surface area contributed by atoms with Crippen LogP contribution in [0.5, 0.6) is 11.8 Å². The summed E-state index contributed by atoms with van der Waals surface area (Å²) >= 11 is 0. The lowest BCUT2D eigenvalue weighted by atomic mass is 10.7. The Morgan fingerprint density at radius 3 is 2.80 bits per heavy atom. The lowest BCUT2D eigenvalue weighted by Gasteiger charge is -1.98. The van der Waals surface area contributed by atoms with Crippen LogP contribution in [0.4, 0.5) is 0 Å². The minimum absolute atomic E-state index is 0.333. The molecule has 10 heavy (non-hydrogen) atoms. The van der Waals surface area contributed by atoms with Gasteiger partial charge in [0.25, 0.3) is 0 Å². The second-order valence-corrected chi connectivity index (χ2v) is 1.53. The van der Waals surface area contributed by atoms with Crippen LogP contribution < -0.4 is 9.47 Å². The van der Waals surface area contributed by atoms with Crippen LogP contribution in [0.3, 0.4) is 0 Å². The highest BCUT2D eigenvalue weighted by atomic mass is 16.5. The first kappa shape index (κ1) is 6.80. The highest BCUT2D eigenvalue weighted by Crippen LogP contribution is 2.07. The van der Waals surface area contributed by atoms with E-state index in [1.54, 1.807) is 0 Å². The molecule has 0 unspecified atom stereocenters. The van der Waals surface area contributed by atoms with Gasteiger partial charge >= 0.3 is 0 Å². The molecule has 4 nitrogen and oxygen atoms in total. The van der Waals surface area contributed by atoms with Gasteiger partial charge in [-0.15, -0.1) is 0 Å². The fraction of sp³-hybridized carbons (Fsp3) is 0.333. The van der Waals surface area contributed by atoms with E-state index >= 15 is 0 Å². The minimum Gasteiger partial charge on any atom is -0.480 e. The molecule has 0 amide bonds. The van der Waals surface area contributed by atoms with Crippen LogP contribution in [-0.2, 0) is 0 Å². The first-order chi connectivity index (χ1) is 4.86. The SMILES string of the molecule is COc1[c]ncc(OC)n1. The van der Waals surface area contributed by atoms with Crippen molar-refractivity contribution in [2.45, 2.75) is 0 Å². The summed E-state index contributed by atoms with van der Waals surface area (Å²) in [5.41, 5.74) is 0. The number of ether oxygens (including phenoxy) is 2. The number of rotatable bonds is 2. The van der Waals surface area contributed by atoms with E-state index in [2.05, 4.69) is 16.2 Å². The van der Waals surface area contributed by atoms with Crippen molar-refractivity contribution in [1.29, 1.82) is 0 Å². The lowest BCUT2D eigenvalue weighted by Crippen LogP contribution is -1.92. The van der Waals surface area contributed by atoms with Crippen molar-refractivity contribution in [3.05, 3.63) is 12.4 Å². The summed E-state index contributed by atoms with van der Waals surface area (Å²) in [7, 11) is 3.02. The van der Waals surface area contributed by atoms with Gasteiger partial charge in [-0.05, 0) is 0 Å². The summed E-state index contributed by atoms with van der Waals surface area (Å²) in [4.78, 5) is 7.54. The van der Waals surface area contributed by atoms with Crippen LogP contribution in [0.25, 0.3) is 0 Å². The molecule has 0 aliphatic carbocycles. The van der Waals surface area contributed by atoms with Gasteiger partial charge in [0.15, 0.2) is 6.20 Å². The summed E-state index contributed by atoms with van der Waals surface area (Å²) in [5.74, 6) is 0.759. The van der Waals surface area contributed by atoms with Gasteiger partial charge in [-0.2, -0.15) is 4.98 Å². The van der Waals surface area contributed by atoms with E-state index in [0.29, 0.717) is 11.8 Å². The third-order valence-corrected chi connectivity index (χ3v) is 0.949. The molecule has 1 heterocycles. The number of methoxy groups -OCH3 is 2. The summed E-state index contributed by atoms with van der Waals surface area (Å²) in [5, 5.41) is 0. The zero-order chi connectivity index (χ0) is 7.40. The second kappa shape index (κ2) is 3.00. The van der Waals surface area contributed by atoms with Gasteiger partial charge in [-0.25, -0.2) is 4.98 Å². The van der Waals surface area contributed by atoms with Gasteiger partial charge in [-0.3, -0.25) is 0 Å². The van der Waals surface area contributed by atoms with Crippen molar-refractivity contribution in [1.82, 2.24) is 9.97 Å². The predicted molar refractivity (Wildman–Crippen MR) is 34.0 cm³/mol. The maximum absolute atomic E-state index is 4.78. The first-order valence-electron chi connectivity index (χ1n) is 2.69. The average Bonchev–Trinajstić information content (AvgIpc) is 2.05. The van der Waals surface area contributed by atoms with Crippen LogP contribution in [0, 0.1) is 6.20 Å². The Balaban J connectivity index is 2.87. The molecule has 0 saturated carbocycles.